The number of aromatic amines is 1. The van der Waals surface area contributed by atoms with Gasteiger partial charge in [-0.1, -0.05) is 48.5 Å². The van der Waals surface area contributed by atoms with Crippen LogP contribution < -0.4 is 5.73 Å². The monoisotopic (exact) mass is 636 g/mol. The molecule has 2 heterocycles. The van der Waals surface area contributed by atoms with E-state index in [4.69, 9.17) is 5.73 Å². The van der Waals surface area contributed by atoms with Crippen LogP contribution in [0.25, 0.3) is 21.8 Å². The molecule has 0 bridgehead atoms. The summed E-state index contributed by atoms with van der Waals surface area (Å²) in [6.45, 7) is 1.92. The van der Waals surface area contributed by atoms with Crippen LogP contribution in [0.2, 0.25) is 0 Å². The van der Waals surface area contributed by atoms with Gasteiger partial charge in [-0.2, -0.15) is 0 Å². The molecule has 8 nitrogen and oxygen atoms in total. The number of nitrogen functional groups attached to an aromatic ring is 1. The van der Waals surface area contributed by atoms with E-state index in [9.17, 15) is 18.5 Å². The lowest BCUT2D eigenvalue weighted by Crippen LogP contribution is -2.11. The number of aryl methyl sites for hydroxylation is 1. The van der Waals surface area contributed by atoms with Gasteiger partial charge in [-0.05, 0) is 59.3 Å². The smallest absolute Gasteiger partial charge is 0.272 e. The van der Waals surface area contributed by atoms with Crippen molar-refractivity contribution >= 4 is 75.1 Å². The highest BCUT2D eigenvalue weighted by Gasteiger charge is 2.19. The van der Waals surface area contributed by atoms with E-state index in [1.807, 2.05) is 13.0 Å². The number of benzene rings is 3. The van der Waals surface area contributed by atoms with Crippen LogP contribution in [0.3, 0.4) is 0 Å². The maximum absolute atomic E-state index is 12.7. The second kappa shape index (κ2) is 11.3. The first-order chi connectivity index (χ1) is 16.1. The topological polar surface area (TPSA) is 124 Å². The minimum Gasteiger partial charge on any atom is -0.399 e. The third-order valence-electron chi connectivity index (χ3n) is 5.14. The maximum Gasteiger partial charge on any atom is 0.272 e. The molecular formula is C25H26Br2N4O4S. The van der Waals surface area contributed by atoms with E-state index in [2.05, 4.69) is 36.8 Å². The van der Waals surface area contributed by atoms with Crippen molar-refractivity contribution in [3.8, 4) is 0 Å². The Balaban J connectivity index is 0.000000264. The van der Waals surface area contributed by atoms with Gasteiger partial charge in [0.1, 0.15) is 0 Å². The lowest BCUT2D eigenvalue weighted by molar-refractivity contribution is -0.384. The summed E-state index contributed by atoms with van der Waals surface area (Å²) in [6, 6.07) is 16.8. The fraction of sp³-hybridized carbons (Fsp3) is 0.120. The largest absolute Gasteiger partial charge is 0.399 e. The lowest BCUT2D eigenvalue weighted by atomic mass is 10.2. The van der Waals surface area contributed by atoms with E-state index in [-0.39, 0.29) is 25.4 Å². The van der Waals surface area contributed by atoms with Gasteiger partial charge in [0.05, 0.1) is 20.9 Å². The molecule has 0 atom stereocenters. The summed E-state index contributed by atoms with van der Waals surface area (Å²) in [6.07, 6.45) is 3.29. The van der Waals surface area contributed by atoms with Crippen LogP contribution in [0.4, 0.5) is 11.4 Å². The van der Waals surface area contributed by atoms with Crippen LogP contribution in [-0.2, 0) is 10.0 Å². The highest BCUT2D eigenvalue weighted by Crippen LogP contribution is 2.30. The molecule has 0 radical (unpaired) electrons. The number of non-ortho nitro benzene ring substituents is 1. The number of hydrogen-bond donors (Lipinski definition) is 2. The van der Waals surface area contributed by atoms with Crippen LogP contribution in [0, 0.1) is 17.0 Å². The number of fused-ring (bicyclic) bond motifs is 2. The van der Waals surface area contributed by atoms with Crippen molar-refractivity contribution in [1.82, 2.24) is 8.96 Å². The molecule has 3 aromatic carbocycles. The van der Waals surface area contributed by atoms with Crippen LogP contribution in [0.1, 0.15) is 20.4 Å². The van der Waals surface area contributed by atoms with Crippen molar-refractivity contribution in [1.29, 1.82) is 0 Å². The molecule has 0 aliphatic rings. The Morgan fingerprint density at radius 1 is 0.944 bits per heavy atom. The maximum atomic E-state index is 12.7. The second-order valence-corrected chi connectivity index (χ2v) is 11.0. The number of aromatic nitrogens is 2. The van der Waals surface area contributed by atoms with E-state index >= 15 is 0 Å². The van der Waals surface area contributed by atoms with Crippen molar-refractivity contribution in [2.24, 2.45) is 0 Å². The Bertz CT molecular complexity index is 1640. The van der Waals surface area contributed by atoms with E-state index in [1.165, 1.54) is 16.1 Å². The van der Waals surface area contributed by atoms with Gasteiger partial charge in [0, 0.05) is 49.9 Å². The molecule has 5 aromatic rings. The molecule has 0 unspecified atom stereocenters. The average molecular weight is 638 g/mol. The molecule has 0 fully saturated rings. The Morgan fingerprint density at radius 2 is 1.58 bits per heavy atom. The average Bonchev–Trinajstić information content (AvgIpc) is 3.42. The number of nitrogens with one attached hydrogen (secondary N) is 1. The fourth-order valence-corrected chi connectivity index (χ4v) is 5.96. The van der Waals surface area contributed by atoms with Crippen molar-refractivity contribution in [2.75, 3.05) is 5.73 Å². The number of rotatable bonds is 3. The van der Waals surface area contributed by atoms with E-state index < -0.39 is 14.9 Å². The normalized spacial score (nSPS) is 10.8. The first kappa shape index (κ1) is 29.1. The molecule has 11 heteroatoms. The number of nitro groups is 1. The van der Waals surface area contributed by atoms with Crippen LogP contribution in [0.5, 0.6) is 0 Å². The van der Waals surface area contributed by atoms with Gasteiger partial charge in [0.25, 0.3) is 15.7 Å². The number of anilines is 1. The predicted molar refractivity (Wildman–Crippen MR) is 154 cm³/mol. The number of H-pyrrole nitrogens is 1. The molecular weight excluding hydrogens is 612 g/mol. The van der Waals surface area contributed by atoms with Gasteiger partial charge in [-0.25, -0.2) is 12.4 Å². The molecule has 0 aliphatic heterocycles. The van der Waals surface area contributed by atoms with Crippen LogP contribution in [0.15, 0.2) is 86.9 Å². The Hall–Kier alpha value is -3.15. The zero-order chi connectivity index (χ0) is 24.6. The summed E-state index contributed by atoms with van der Waals surface area (Å²) >= 11 is 6.68. The third kappa shape index (κ3) is 5.63. The zero-order valence-electron chi connectivity index (χ0n) is 17.7. The number of halogens is 2. The summed E-state index contributed by atoms with van der Waals surface area (Å²) in [5, 5.41) is 12.2. The first-order valence-electron chi connectivity index (χ1n) is 9.87. The van der Waals surface area contributed by atoms with Gasteiger partial charge in [0.2, 0.25) is 0 Å². The Labute approximate surface area is 226 Å². The second-order valence-electron chi connectivity index (χ2n) is 7.49. The summed E-state index contributed by atoms with van der Waals surface area (Å²) < 4.78 is 28.3. The van der Waals surface area contributed by atoms with Gasteiger partial charge in [-0.15, -0.1) is 0 Å². The van der Waals surface area contributed by atoms with E-state index in [0.29, 0.717) is 11.2 Å². The fourth-order valence-electron chi connectivity index (χ4n) is 3.44. The van der Waals surface area contributed by atoms with Crippen LogP contribution >= 0.6 is 31.9 Å². The number of nitro benzene ring substituents is 1. The van der Waals surface area contributed by atoms with Crippen molar-refractivity contribution < 1.29 is 13.3 Å². The highest BCUT2D eigenvalue weighted by atomic mass is 79.9. The molecule has 0 spiro atoms. The quantitative estimate of drug-likeness (QED) is 0.119. The highest BCUT2D eigenvalue weighted by molar-refractivity contribution is 9.11. The molecule has 0 aliphatic carbocycles. The van der Waals surface area contributed by atoms with Gasteiger partial charge in [-0.3, -0.25) is 10.1 Å². The van der Waals surface area contributed by atoms with E-state index in [1.54, 1.807) is 54.9 Å². The van der Waals surface area contributed by atoms with Gasteiger partial charge >= 0.3 is 0 Å². The third-order valence-corrected chi connectivity index (χ3v) is 8.15. The summed E-state index contributed by atoms with van der Waals surface area (Å²) in [4.78, 5) is 13.3. The first-order valence-corrected chi connectivity index (χ1v) is 12.9. The molecule has 190 valence electrons. The molecule has 0 saturated carbocycles. The molecule has 0 saturated heterocycles. The van der Waals surface area contributed by atoms with E-state index in [0.717, 1.165) is 30.8 Å². The summed E-state index contributed by atoms with van der Waals surface area (Å²) in [5.74, 6) is 0. The summed E-state index contributed by atoms with van der Waals surface area (Å²) in [5.41, 5.74) is 8.74. The van der Waals surface area contributed by atoms with Gasteiger partial charge in [0.15, 0.2) is 0 Å². The summed E-state index contributed by atoms with van der Waals surface area (Å²) in [7, 11) is -3.63. The zero-order valence-corrected chi connectivity index (χ0v) is 21.7. The van der Waals surface area contributed by atoms with Crippen LogP contribution in [-0.4, -0.2) is 22.3 Å². The minimum absolute atomic E-state index is 0. The molecule has 36 heavy (non-hydrogen) atoms. The van der Waals surface area contributed by atoms with Crippen molar-refractivity contribution in [2.45, 2.75) is 26.7 Å². The molecule has 0 amide bonds. The number of nitrogens with two attached hydrogens (primary N) is 1. The number of hydrogen-bond acceptors (Lipinski definition) is 5. The van der Waals surface area contributed by atoms with Crippen molar-refractivity contribution in [3.63, 3.8) is 0 Å². The van der Waals surface area contributed by atoms with Gasteiger partial charge < -0.3 is 10.7 Å². The lowest BCUT2D eigenvalue weighted by Gasteiger charge is -2.09. The Morgan fingerprint density at radius 3 is 2.22 bits per heavy atom. The minimum atomic E-state index is -3.63. The predicted octanol–water partition coefficient (Wildman–Crippen LogP) is 7.64. The SMILES string of the molecule is C.C.Cc1ccc(S(=O)(=O)n2ccc3c(Br)cc(N)cc32)cc1.O=[N+]([O-])c1cc(Br)c2cc[nH]c2c1. The molecule has 5 rings (SSSR count). The Kier molecular flexibility index (Phi) is 9.11. The van der Waals surface area contributed by atoms with Crippen molar-refractivity contribution in [3.05, 3.63) is 97.7 Å². The standard InChI is InChI=1S/C15H13BrN2O2S.C8H5BrN2O2.2CH4/c1-10-2-4-12(5-3-10)21(19,20)18-7-6-13-14(16)8-11(17)9-15(13)18;9-7-3-5(11(12)13)4-8-6(7)1-2-10-8;;/h2-9H,17H2,1H3;1-4,10H;2*1H4. The molecule has 2 aromatic heterocycles. The molecule has 3 N–H and O–H groups in total. The number of nitrogens with zero attached hydrogens (tertiary/aromatic N) is 2.